The summed E-state index contributed by atoms with van der Waals surface area (Å²) < 4.78 is 19.5. The quantitative estimate of drug-likeness (QED) is 0.902. The molecule has 1 fully saturated rings. The van der Waals surface area contributed by atoms with Crippen molar-refractivity contribution in [3.05, 3.63) is 70.5 Å². The zero-order chi connectivity index (χ0) is 16.3. The Balaban J connectivity index is 2.00. The molecule has 5 heteroatoms. The zero-order valence-corrected chi connectivity index (χ0v) is 13.4. The van der Waals surface area contributed by atoms with Gasteiger partial charge in [0.1, 0.15) is 17.5 Å². The van der Waals surface area contributed by atoms with Crippen LogP contribution in [0.5, 0.6) is 0 Å². The molecule has 2 atom stereocenters. The molecule has 0 amide bonds. The van der Waals surface area contributed by atoms with Gasteiger partial charge in [0.05, 0.1) is 6.61 Å². The summed E-state index contributed by atoms with van der Waals surface area (Å²) in [6, 6.07) is 13.4. The first-order valence-corrected chi connectivity index (χ1v) is 8.01. The highest BCUT2D eigenvalue weighted by Gasteiger charge is 2.41. The van der Waals surface area contributed by atoms with E-state index in [1.165, 1.54) is 12.1 Å². The molecule has 3 nitrogen and oxygen atoms in total. The molecule has 0 saturated carbocycles. The third-order valence-electron chi connectivity index (χ3n) is 4.20. The molecule has 2 aromatic carbocycles. The van der Waals surface area contributed by atoms with Crippen LogP contribution in [0.3, 0.4) is 0 Å². The fraction of sp³-hybridized carbons (Fsp3) is 0.333. The van der Waals surface area contributed by atoms with Gasteiger partial charge >= 0.3 is 0 Å². The average molecular weight is 336 g/mol. The van der Waals surface area contributed by atoms with E-state index < -0.39 is 11.7 Å². The molecule has 0 aromatic heterocycles. The van der Waals surface area contributed by atoms with Crippen molar-refractivity contribution >= 4 is 11.6 Å². The van der Waals surface area contributed by atoms with Gasteiger partial charge in [0.25, 0.3) is 0 Å². The lowest BCUT2D eigenvalue weighted by molar-refractivity contribution is -0.124. The number of halogens is 2. The van der Waals surface area contributed by atoms with Crippen LogP contribution in [0.15, 0.2) is 48.5 Å². The molecule has 23 heavy (non-hydrogen) atoms. The Labute approximate surface area is 140 Å². The maximum Gasteiger partial charge on any atom is 0.123 e. The Hall–Kier alpha value is -1.46. The molecule has 122 valence electrons. The van der Waals surface area contributed by atoms with Crippen molar-refractivity contribution in [3.8, 4) is 0 Å². The molecule has 2 N–H and O–H groups in total. The van der Waals surface area contributed by atoms with E-state index in [0.29, 0.717) is 23.7 Å². The lowest BCUT2D eigenvalue weighted by Gasteiger charge is -2.39. The highest BCUT2D eigenvalue weighted by atomic mass is 35.5. The summed E-state index contributed by atoms with van der Waals surface area (Å²) in [6.07, 6.45) is -0.225. The fourth-order valence-electron chi connectivity index (χ4n) is 2.96. The number of hydrogen-bond donors (Lipinski definition) is 2. The van der Waals surface area contributed by atoms with Gasteiger partial charge in [-0.2, -0.15) is 0 Å². The molecule has 0 spiro atoms. The first-order chi connectivity index (χ1) is 11.1. The van der Waals surface area contributed by atoms with Gasteiger partial charge in [0.15, 0.2) is 0 Å². The monoisotopic (exact) mass is 335 g/mol. The van der Waals surface area contributed by atoms with Crippen molar-refractivity contribution in [3.63, 3.8) is 0 Å². The summed E-state index contributed by atoms with van der Waals surface area (Å²) in [5.41, 5.74) is -0.0678. The van der Waals surface area contributed by atoms with Gasteiger partial charge in [0, 0.05) is 24.5 Å². The highest BCUT2D eigenvalue weighted by Crippen LogP contribution is 2.34. The Morgan fingerprint density at radius 3 is 2.78 bits per heavy atom. The number of hydrogen-bond acceptors (Lipinski definition) is 3. The van der Waals surface area contributed by atoms with E-state index in [2.05, 4.69) is 5.32 Å². The molecule has 2 unspecified atom stereocenters. The van der Waals surface area contributed by atoms with Crippen LogP contribution >= 0.6 is 11.6 Å². The Morgan fingerprint density at radius 1 is 1.26 bits per heavy atom. The van der Waals surface area contributed by atoms with Gasteiger partial charge in [-0.05, 0) is 29.3 Å². The molecule has 2 aromatic rings. The van der Waals surface area contributed by atoms with Gasteiger partial charge < -0.3 is 15.2 Å². The van der Waals surface area contributed by atoms with Gasteiger partial charge in [-0.1, -0.05) is 41.9 Å². The second kappa shape index (κ2) is 6.97. The molecule has 0 bridgehead atoms. The fourth-order valence-corrected chi connectivity index (χ4v) is 3.17. The summed E-state index contributed by atoms with van der Waals surface area (Å²) >= 11 is 6.25. The smallest absolute Gasteiger partial charge is 0.123 e. The van der Waals surface area contributed by atoms with Gasteiger partial charge in [-0.15, -0.1) is 0 Å². The molecule has 1 aliphatic heterocycles. The topological polar surface area (TPSA) is 41.5 Å². The number of nitrogens with one attached hydrogen (secondary N) is 1. The predicted octanol–water partition coefficient (Wildman–Crippen LogP) is 2.90. The zero-order valence-electron chi connectivity index (χ0n) is 12.6. The van der Waals surface area contributed by atoms with Crippen molar-refractivity contribution in [2.75, 3.05) is 19.7 Å². The second-order valence-corrected chi connectivity index (χ2v) is 6.17. The Morgan fingerprint density at radius 2 is 2.09 bits per heavy atom. The minimum atomic E-state index is -1.36. The lowest BCUT2D eigenvalue weighted by atomic mass is 9.82. The minimum absolute atomic E-state index is 0.252. The van der Waals surface area contributed by atoms with E-state index in [1.807, 2.05) is 18.2 Å². The normalized spacial score (nSPS) is 20.9. The molecule has 0 aliphatic carbocycles. The molecule has 3 rings (SSSR count). The summed E-state index contributed by atoms with van der Waals surface area (Å²) in [6.45, 7) is 1.74. The Kier molecular flexibility index (Phi) is 4.97. The highest BCUT2D eigenvalue weighted by molar-refractivity contribution is 6.31. The van der Waals surface area contributed by atoms with E-state index in [0.717, 1.165) is 12.1 Å². The SMILES string of the molecule is OC(Cc1ccccc1Cl)(c1cccc(F)c1)C1CNCCO1. The first kappa shape index (κ1) is 16.4. The third kappa shape index (κ3) is 3.56. The van der Waals surface area contributed by atoms with Crippen LogP contribution in [0.4, 0.5) is 4.39 Å². The van der Waals surface area contributed by atoms with E-state index in [-0.39, 0.29) is 12.2 Å². The molecule has 1 saturated heterocycles. The van der Waals surface area contributed by atoms with E-state index >= 15 is 0 Å². The summed E-state index contributed by atoms with van der Waals surface area (Å²) in [5.74, 6) is -0.385. The number of ether oxygens (including phenoxy) is 1. The second-order valence-electron chi connectivity index (χ2n) is 5.77. The molecular weight excluding hydrogens is 317 g/mol. The van der Waals surface area contributed by atoms with Crippen molar-refractivity contribution in [1.29, 1.82) is 0 Å². The van der Waals surface area contributed by atoms with Gasteiger partial charge in [-0.3, -0.25) is 0 Å². The summed E-state index contributed by atoms with van der Waals surface area (Å²) in [5, 5.41) is 15.2. The van der Waals surface area contributed by atoms with Crippen LogP contribution in [0.2, 0.25) is 5.02 Å². The largest absolute Gasteiger partial charge is 0.382 e. The van der Waals surface area contributed by atoms with Crippen molar-refractivity contribution in [2.45, 2.75) is 18.1 Å². The van der Waals surface area contributed by atoms with Gasteiger partial charge in [-0.25, -0.2) is 4.39 Å². The maximum atomic E-state index is 13.7. The number of rotatable bonds is 4. The van der Waals surface area contributed by atoms with E-state index in [4.69, 9.17) is 16.3 Å². The van der Waals surface area contributed by atoms with E-state index in [9.17, 15) is 9.50 Å². The van der Waals surface area contributed by atoms with Crippen LogP contribution in [0.25, 0.3) is 0 Å². The molecular formula is C18H19ClFNO2. The number of morpholine rings is 1. The van der Waals surface area contributed by atoms with Crippen molar-refractivity contribution in [1.82, 2.24) is 5.32 Å². The maximum absolute atomic E-state index is 13.7. The number of aliphatic hydroxyl groups is 1. The summed E-state index contributed by atoms with van der Waals surface area (Å²) in [4.78, 5) is 0. The third-order valence-corrected chi connectivity index (χ3v) is 4.57. The predicted molar refractivity (Wildman–Crippen MR) is 88.1 cm³/mol. The van der Waals surface area contributed by atoms with E-state index in [1.54, 1.807) is 18.2 Å². The molecule has 0 radical (unpaired) electrons. The van der Waals surface area contributed by atoms with Crippen LogP contribution in [0, 0.1) is 5.82 Å². The number of benzene rings is 2. The van der Waals surface area contributed by atoms with Gasteiger partial charge in [0.2, 0.25) is 0 Å². The average Bonchev–Trinajstić information content (AvgIpc) is 2.58. The van der Waals surface area contributed by atoms with Crippen molar-refractivity contribution in [2.24, 2.45) is 0 Å². The first-order valence-electron chi connectivity index (χ1n) is 7.64. The van der Waals surface area contributed by atoms with Crippen molar-refractivity contribution < 1.29 is 14.2 Å². The standard InChI is InChI=1S/C18H19ClFNO2/c19-16-7-2-1-4-13(16)11-18(22,17-12-21-8-9-23-17)14-5-3-6-15(20)10-14/h1-7,10,17,21-22H,8-9,11-12H2. The minimum Gasteiger partial charge on any atom is -0.382 e. The molecule has 1 aliphatic rings. The molecule has 1 heterocycles. The summed E-state index contributed by atoms with van der Waals surface area (Å²) in [7, 11) is 0. The van der Waals surface area contributed by atoms with Crippen LogP contribution in [0.1, 0.15) is 11.1 Å². The van der Waals surface area contributed by atoms with Crippen LogP contribution < -0.4 is 5.32 Å². The Bertz CT molecular complexity index is 676. The van der Waals surface area contributed by atoms with Crippen LogP contribution in [-0.4, -0.2) is 30.9 Å². The lowest BCUT2D eigenvalue weighted by Crippen LogP contribution is -2.52. The van der Waals surface area contributed by atoms with Crippen LogP contribution in [-0.2, 0) is 16.8 Å².